The molecule has 2 aromatic rings. The molecule has 4 nitrogen and oxygen atoms in total. The van der Waals surface area contributed by atoms with Crippen molar-refractivity contribution in [3.05, 3.63) is 71.5 Å². The number of amides is 2. The number of halogens is 1. The number of hydrogen-bond acceptors (Lipinski definition) is 2. The summed E-state index contributed by atoms with van der Waals surface area (Å²) < 4.78 is 13.4. The summed E-state index contributed by atoms with van der Waals surface area (Å²) in [5, 5.41) is 3.03. The molecule has 148 valence electrons. The molecular formula is C23H27FN2O2. The van der Waals surface area contributed by atoms with Gasteiger partial charge in [0.15, 0.2) is 0 Å². The maximum absolute atomic E-state index is 13.4. The van der Waals surface area contributed by atoms with Crippen LogP contribution in [-0.4, -0.2) is 29.3 Å². The SMILES string of the molecule is CC[C@H](C)NC(=O)[C@H]1CC[C@@H](c2ccc(F)cc2)N(C(=O)c2ccccc2)C1. The lowest BCUT2D eigenvalue weighted by Gasteiger charge is -2.40. The molecule has 1 fully saturated rings. The van der Waals surface area contributed by atoms with E-state index in [0.29, 0.717) is 24.9 Å². The third kappa shape index (κ3) is 4.58. The maximum atomic E-state index is 13.4. The van der Waals surface area contributed by atoms with Gasteiger partial charge in [-0.05, 0) is 56.0 Å². The second-order valence-electron chi connectivity index (χ2n) is 7.48. The molecule has 3 rings (SSSR count). The van der Waals surface area contributed by atoms with E-state index in [4.69, 9.17) is 0 Å². The first kappa shape index (κ1) is 20.1. The number of hydrogen-bond donors (Lipinski definition) is 1. The van der Waals surface area contributed by atoms with Gasteiger partial charge in [0.1, 0.15) is 5.82 Å². The van der Waals surface area contributed by atoms with E-state index >= 15 is 0 Å². The maximum Gasteiger partial charge on any atom is 0.254 e. The first-order valence-electron chi connectivity index (χ1n) is 9.91. The third-order valence-electron chi connectivity index (χ3n) is 5.49. The fraction of sp³-hybridized carbons (Fsp3) is 0.391. The van der Waals surface area contributed by atoms with Crippen LogP contribution in [0.3, 0.4) is 0 Å². The highest BCUT2D eigenvalue weighted by atomic mass is 19.1. The van der Waals surface area contributed by atoms with Gasteiger partial charge in [-0.15, -0.1) is 0 Å². The lowest BCUT2D eigenvalue weighted by molar-refractivity contribution is -0.127. The van der Waals surface area contributed by atoms with Gasteiger partial charge in [0.25, 0.3) is 5.91 Å². The monoisotopic (exact) mass is 382 g/mol. The van der Waals surface area contributed by atoms with Gasteiger partial charge in [-0.3, -0.25) is 9.59 Å². The van der Waals surface area contributed by atoms with Crippen molar-refractivity contribution in [1.29, 1.82) is 0 Å². The van der Waals surface area contributed by atoms with E-state index in [9.17, 15) is 14.0 Å². The lowest BCUT2D eigenvalue weighted by atomic mass is 9.87. The van der Waals surface area contributed by atoms with E-state index in [1.165, 1.54) is 12.1 Å². The number of benzene rings is 2. The van der Waals surface area contributed by atoms with E-state index in [-0.39, 0.29) is 35.6 Å². The lowest BCUT2D eigenvalue weighted by Crippen LogP contribution is -2.48. The van der Waals surface area contributed by atoms with Gasteiger partial charge in [-0.1, -0.05) is 37.3 Å². The molecule has 1 heterocycles. The highest BCUT2D eigenvalue weighted by molar-refractivity contribution is 5.95. The summed E-state index contributed by atoms with van der Waals surface area (Å²) in [6.07, 6.45) is 2.23. The molecular weight excluding hydrogens is 355 g/mol. The van der Waals surface area contributed by atoms with E-state index < -0.39 is 0 Å². The molecule has 0 spiro atoms. The Kier molecular flexibility index (Phi) is 6.45. The summed E-state index contributed by atoms with van der Waals surface area (Å²) in [5.74, 6) is -0.640. The number of rotatable bonds is 5. The van der Waals surface area contributed by atoms with E-state index in [1.54, 1.807) is 29.2 Å². The second-order valence-corrected chi connectivity index (χ2v) is 7.48. The topological polar surface area (TPSA) is 49.4 Å². The summed E-state index contributed by atoms with van der Waals surface area (Å²) in [7, 11) is 0. The van der Waals surface area contributed by atoms with Crippen molar-refractivity contribution in [3.8, 4) is 0 Å². The summed E-state index contributed by atoms with van der Waals surface area (Å²) >= 11 is 0. The molecule has 0 aromatic heterocycles. The molecule has 0 bridgehead atoms. The van der Waals surface area contributed by atoms with Crippen LogP contribution in [-0.2, 0) is 4.79 Å². The second kappa shape index (κ2) is 9.00. The Morgan fingerprint density at radius 2 is 1.79 bits per heavy atom. The van der Waals surface area contributed by atoms with Crippen LogP contribution in [0.1, 0.15) is 55.1 Å². The number of nitrogens with one attached hydrogen (secondary N) is 1. The molecule has 0 radical (unpaired) electrons. The summed E-state index contributed by atoms with van der Waals surface area (Å²) in [6, 6.07) is 15.3. The van der Waals surface area contributed by atoms with Gasteiger partial charge in [0, 0.05) is 18.2 Å². The highest BCUT2D eigenvalue weighted by Crippen LogP contribution is 2.34. The van der Waals surface area contributed by atoms with Crippen molar-refractivity contribution >= 4 is 11.8 Å². The standard InChI is InChI=1S/C23H27FN2O2/c1-3-16(2)25-22(27)19-11-14-21(17-9-12-20(24)13-10-17)26(15-19)23(28)18-7-5-4-6-8-18/h4-10,12-13,16,19,21H,3,11,14-15H2,1-2H3,(H,25,27)/t16-,19-,21-/m0/s1. The average molecular weight is 382 g/mol. The van der Waals surface area contributed by atoms with Gasteiger partial charge in [0.05, 0.1) is 12.0 Å². The molecule has 1 aliphatic rings. The van der Waals surface area contributed by atoms with E-state index in [2.05, 4.69) is 5.32 Å². The molecule has 0 saturated carbocycles. The molecule has 1 N–H and O–H groups in total. The van der Waals surface area contributed by atoms with Crippen molar-refractivity contribution in [2.75, 3.05) is 6.54 Å². The number of carbonyl (C=O) groups is 2. The van der Waals surface area contributed by atoms with Crippen LogP contribution in [0.4, 0.5) is 4.39 Å². The van der Waals surface area contributed by atoms with E-state index in [0.717, 1.165) is 12.0 Å². The number of piperidine rings is 1. The van der Waals surface area contributed by atoms with Gasteiger partial charge in [-0.2, -0.15) is 0 Å². The van der Waals surface area contributed by atoms with Crippen molar-refractivity contribution in [3.63, 3.8) is 0 Å². The Bertz CT molecular complexity index is 807. The van der Waals surface area contributed by atoms with Crippen LogP contribution in [0.5, 0.6) is 0 Å². The fourth-order valence-electron chi connectivity index (χ4n) is 3.65. The van der Waals surface area contributed by atoms with Gasteiger partial charge in [-0.25, -0.2) is 4.39 Å². The highest BCUT2D eigenvalue weighted by Gasteiger charge is 2.36. The van der Waals surface area contributed by atoms with Crippen molar-refractivity contribution < 1.29 is 14.0 Å². The Morgan fingerprint density at radius 3 is 2.43 bits per heavy atom. The van der Waals surface area contributed by atoms with Gasteiger partial charge in [0.2, 0.25) is 5.91 Å². The summed E-state index contributed by atoms with van der Waals surface area (Å²) in [6.45, 7) is 4.37. The van der Waals surface area contributed by atoms with Crippen molar-refractivity contribution in [1.82, 2.24) is 10.2 Å². The quantitative estimate of drug-likeness (QED) is 0.837. The van der Waals surface area contributed by atoms with Crippen LogP contribution < -0.4 is 5.32 Å². The number of carbonyl (C=O) groups excluding carboxylic acids is 2. The average Bonchev–Trinajstić information content (AvgIpc) is 2.74. The zero-order valence-corrected chi connectivity index (χ0v) is 16.4. The summed E-state index contributed by atoms with van der Waals surface area (Å²) in [4.78, 5) is 27.6. The minimum atomic E-state index is -0.300. The first-order valence-corrected chi connectivity index (χ1v) is 9.91. The van der Waals surface area contributed by atoms with Crippen molar-refractivity contribution in [2.24, 2.45) is 5.92 Å². The van der Waals surface area contributed by atoms with Crippen molar-refractivity contribution in [2.45, 2.75) is 45.2 Å². The Hall–Kier alpha value is -2.69. The molecule has 0 unspecified atom stereocenters. The van der Waals surface area contributed by atoms with Crippen LogP contribution in [0.15, 0.2) is 54.6 Å². The Balaban J connectivity index is 1.85. The normalized spacial score (nSPS) is 20.5. The fourth-order valence-corrected chi connectivity index (χ4v) is 3.65. The Labute approximate surface area is 165 Å². The molecule has 3 atom stereocenters. The third-order valence-corrected chi connectivity index (χ3v) is 5.49. The predicted octanol–water partition coefficient (Wildman–Crippen LogP) is 4.33. The molecule has 1 aliphatic heterocycles. The predicted molar refractivity (Wildman–Crippen MR) is 107 cm³/mol. The minimum absolute atomic E-state index is 0.00207. The smallest absolute Gasteiger partial charge is 0.254 e. The van der Waals surface area contributed by atoms with Crippen LogP contribution in [0.25, 0.3) is 0 Å². The van der Waals surface area contributed by atoms with Crippen LogP contribution in [0, 0.1) is 11.7 Å². The van der Waals surface area contributed by atoms with Gasteiger partial charge < -0.3 is 10.2 Å². The molecule has 28 heavy (non-hydrogen) atoms. The molecule has 2 amide bonds. The largest absolute Gasteiger partial charge is 0.353 e. The number of likely N-dealkylation sites (tertiary alicyclic amines) is 1. The van der Waals surface area contributed by atoms with Gasteiger partial charge >= 0.3 is 0 Å². The van der Waals surface area contributed by atoms with Crippen LogP contribution >= 0.6 is 0 Å². The number of nitrogens with zero attached hydrogens (tertiary/aromatic N) is 1. The van der Waals surface area contributed by atoms with Crippen LogP contribution in [0.2, 0.25) is 0 Å². The zero-order valence-electron chi connectivity index (χ0n) is 16.4. The molecule has 0 aliphatic carbocycles. The molecule has 5 heteroatoms. The Morgan fingerprint density at radius 1 is 1.11 bits per heavy atom. The molecule has 2 aromatic carbocycles. The first-order chi connectivity index (χ1) is 13.5. The van der Waals surface area contributed by atoms with E-state index in [1.807, 2.05) is 32.0 Å². The molecule has 1 saturated heterocycles. The summed E-state index contributed by atoms with van der Waals surface area (Å²) in [5.41, 5.74) is 1.49. The minimum Gasteiger partial charge on any atom is -0.353 e. The zero-order chi connectivity index (χ0) is 20.1.